The van der Waals surface area contributed by atoms with Crippen LogP contribution in [0.5, 0.6) is 5.75 Å². The third-order valence-electron chi connectivity index (χ3n) is 4.56. The number of hydrogen-bond donors (Lipinski definition) is 1. The fraction of sp³-hybridized carbons (Fsp3) is 0.368. The largest absolute Gasteiger partial charge is 0.495 e. The Labute approximate surface area is 127 Å². The van der Waals surface area contributed by atoms with E-state index in [2.05, 4.69) is 49.5 Å². The van der Waals surface area contributed by atoms with Crippen LogP contribution in [0.15, 0.2) is 48.5 Å². The summed E-state index contributed by atoms with van der Waals surface area (Å²) in [5, 5.41) is 3.67. The minimum Gasteiger partial charge on any atom is -0.495 e. The molecule has 0 fully saturated rings. The Morgan fingerprint density at radius 2 is 1.76 bits per heavy atom. The number of methoxy groups -OCH3 is 1. The van der Waals surface area contributed by atoms with Crippen LogP contribution in [0.2, 0.25) is 0 Å². The average Bonchev–Trinajstić information content (AvgIpc) is 2.51. The highest BCUT2D eigenvalue weighted by Gasteiger charge is 2.32. The van der Waals surface area contributed by atoms with Gasteiger partial charge in [0.05, 0.1) is 18.8 Å². The first-order valence-corrected chi connectivity index (χ1v) is 7.61. The molecular weight excluding hydrogens is 258 g/mol. The first-order valence-electron chi connectivity index (χ1n) is 7.61. The van der Waals surface area contributed by atoms with E-state index in [0.717, 1.165) is 17.9 Å². The van der Waals surface area contributed by atoms with Gasteiger partial charge in [-0.05, 0) is 41.5 Å². The number of para-hydroxylation sites is 2. The van der Waals surface area contributed by atoms with Crippen LogP contribution in [0.25, 0.3) is 0 Å². The van der Waals surface area contributed by atoms with Gasteiger partial charge in [0.2, 0.25) is 0 Å². The van der Waals surface area contributed by atoms with Gasteiger partial charge in [0.25, 0.3) is 0 Å². The molecule has 0 radical (unpaired) electrons. The fourth-order valence-electron chi connectivity index (χ4n) is 3.31. The molecule has 2 aromatic rings. The van der Waals surface area contributed by atoms with Crippen molar-refractivity contribution in [1.82, 2.24) is 0 Å². The maximum Gasteiger partial charge on any atom is 0.141 e. The highest BCUT2D eigenvalue weighted by Crippen LogP contribution is 2.43. The molecule has 2 heteroatoms. The van der Waals surface area contributed by atoms with Gasteiger partial charge in [-0.1, -0.05) is 50.2 Å². The predicted molar refractivity (Wildman–Crippen MR) is 88.1 cm³/mol. The molecule has 0 spiro atoms. The van der Waals surface area contributed by atoms with Crippen LogP contribution in [-0.2, 0) is 5.41 Å². The van der Waals surface area contributed by atoms with Crippen molar-refractivity contribution >= 4 is 5.69 Å². The van der Waals surface area contributed by atoms with Gasteiger partial charge in [-0.3, -0.25) is 0 Å². The van der Waals surface area contributed by atoms with Crippen molar-refractivity contribution < 1.29 is 4.74 Å². The lowest BCUT2D eigenvalue weighted by Gasteiger charge is -2.37. The molecule has 0 aliphatic heterocycles. The summed E-state index contributed by atoms with van der Waals surface area (Å²) >= 11 is 0. The molecule has 1 unspecified atom stereocenters. The molecule has 110 valence electrons. The lowest BCUT2D eigenvalue weighted by molar-refractivity contribution is 0.401. The SMILES string of the molecule is COc1ccccc1NC1CCC(C)(C)c2ccccc21. The molecule has 1 aliphatic carbocycles. The number of ether oxygens (including phenoxy) is 1. The Morgan fingerprint density at radius 1 is 1.05 bits per heavy atom. The minimum atomic E-state index is 0.259. The van der Waals surface area contributed by atoms with Gasteiger partial charge in [-0.25, -0.2) is 0 Å². The molecule has 1 N–H and O–H groups in total. The van der Waals surface area contributed by atoms with Crippen LogP contribution in [0.4, 0.5) is 5.69 Å². The van der Waals surface area contributed by atoms with Crippen LogP contribution in [0.1, 0.15) is 43.9 Å². The monoisotopic (exact) mass is 281 g/mol. The summed E-state index contributed by atoms with van der Waals surface area (Å²) in [5.74, 6) is 0.903. The zero-order valence-electron chi connectivity index (χ0n) is 13.0. The van der Waals surface area contributed by atoms with Crippen molar-refractivity contribution in [1.29, 1.82) is 0 Å². The Bertz CT molecular complexity index is 633. The number of rotatable bonds is 3. The first kappa shape index (κ1) is 14.0. The van der Waals surface area contributed by atoms with Crippen molar-refractivity contribution in [3.05, 3.63) is 59.7 Å². The molecule has 0 amide bonds. The summed E-state index contributed by atoms with van der Waals surface area (Å²) in [6, 6.07) is 17.3. The van der Waals surface area contributed by atoms with Crippen molar-refractivity contribution in [2.24, 2.45) is 0 Å². The second-order valence-corrected chi connectivity index (χ2v) is 6.41. The van der Waals surface area contributed by atoms with E-state index < -0.39 is 0 Å². The van der Waals surface area contributed by atoms with Gasteiger partial charge in [0, 0.05) is 0 Å². The number of fused-ring (bicyclic) bond motifs is 1. The van der Waals surface area contributed by atoms with E-state index in [9.17, 15) is 0 Å². The van der Waals surface area contributed by atoms with Gasteiger partial charge < -0.3 is 10.1 Å². The van der Waals surface area contributed by atoms with Gasteiger partial charge >= 0.3 is 0 Å². The van der Waals surface area contributed by atoms with Gasteiger partial charge in [-0.2, -0.15) is 0 Å². The minimum absolute atomic E-state index is 0.259. The summed E-state index contributed by atoms with van der Waals surface area (Å²) in [7, 11) is 1.72. The summed E-state index contributed by atoms with van der Waals surface area (Å²) in [6.45, 7) is 4.68. The zero-order valence-corrected chi connectivity index (χ0v) is 13.0. The van der Waals surface area contributed by atoms with E-state index in [0.29, 0.717) is 6.04 Å². The quantitative estimate of drug-likeness (QED) is 0.862. The van der Waals surface area contributed by atoms with E-state index in [-0.39, 0.29) is 5.41 Å². The molecule has 2 aromatic carbocycles. The second-order valence-electron chi connectivity index (χ2n) is 6.41. The summed E-state index contributed by atoms with van der Waals surface area (Å²) in [6.07, 6.45) is 2.33. The zero-order chi connectivity index (χ0) is 14.9. The number of nitrogens with one attached hydrogen (secondary N) is 1. The van der Waals surface area contributed by atoms with Gasteiger partial charge in [0.15, 0.2) is 0 Å². The van der Waals surface area contributed by atoms with E-state index in [4.69, 9.17) is 4.74 Å². The lowest BCUT2D eigenvalue weighted by atomic mass is 9.71. The van der Waals surface area contributed by atoms with E-state index in [1.807, 2.05) is 18.2 Å². The van der Waals surface area contributed by atoms with Crippen LogP contribution < -0.4 is 10.1 Å². The highest BCUT2D eigenvalue weighted by atomic mass is 16.5. The molecule has 2 nitrogen and oxygen atoms in total. The molecule has 0 bridgehead atoms. The maximum atomic E-state index is 5.45. The van der Waals surface area contributed by atoms with Crippen molar-refractivity contribution in [3.63, 3.8) is 0 Å². The molecule has 21 heavy (non-hydrogen) atoms. The Kier molecular flexibility index (Phi) is 3.62. The Balaban J connectivity index is 1.94. The molecule has 0 heterocycles. The van der Waals surface area contributed by atoms with Crippen LogP contribution >= 0.6 is 0 Å². The third-order valence-corrected chi connectivity index (χ3v) is 4.56. The van der Waals surface area contributed by atoms with Crippen molar-refractivity contribution in [3.8, 4) is 5.75 Å². The van der Waals surface area contributed by atoms with Crippen LogP contribution in [0, 0.1) is 0 Å². The summed E-state index contributed by atoms with van der Waals surface area (Å²) in [4.78, 5) is 0. The number of hydrogen-bond acceptors (Lipinski definition) is 2. The molecular formula is C19H23NO. The molecule has 3 rings (SSSR count). The number of benzene rings is 2. The number of anilines is 1. The normalized spacial score (nSPS) is 19.7. The van der Waals surface area contributed by atoms with Gasteiger partial charge in [0.1, 0.15) is 5.75 Å². The predicted octanol–water partition coefficient (Wildman–Crippen LogP) is 4.92. The van der Waals surface area contributed by atoms with Crippen LogP contribution in [0.3, 0.4) is 0 Å². The van der Waals surface area contributed by atoms with Crippen molar-refractivity contribution in [2.45, 2.75) is 38.1 Å². The standard InChI is InChI=1S/C19H23NO/c1-19(2)13-12-16(14-8-4-5-9-15(14)19)20-17-10-6-7-11-18(17)21-3/h4-11,16,20H,12-13H2,1-3H3. The van der Waals surface area contributed by atoms with E-state index in [1.165, 1.54) is 17.5 Å². The van der Waals surface area contributed by atoms with E-state index >= 15 is 0 Å². The van der Waals surface area contributed by atoms with Gasteiger partial charge in [-0.15, -0.1) is 0 Å². The Hall–Kier alpha value is -1.96. The second kappa shape index (κ2) is 5.44. The first-order chi connectivity index (χ1) is 10.1. The third kappa shape index (κ3) is 2.63. The molecule has 1 aliphatic rings. The summed E-state index contributed by atoms with van der Waals surface area (Å²) in [5.41, 5.74) is 4.21. The molecule has 1 atom stereocenters. The lowest BCUT2D eigenvalue weighted by Crippen LogP contribution is -2.29. The summed E-state index contributed by atoms with van der Waals surface area (Å²) < 4.78 is 5.45. The highest BCUT2D eigenvalue weighted by molar-refractivity contribution is 5.58. The van der Waals surface area contributed by atoms with Crippen LogP contribution in [-0.4, -0.2) is 7.11 Å². The average molecular weight is 281 g/mol. The Morgan fingerprint density at radius 3 is 2.57 bits per heavy atom. The van der Waals surface area contributed by atoms with Crippen molar-refractivity contribution in [2.75, 3.05) is 12.4 Å². The molecule has 0 saturated carbocycles. The fourth-order valence-corrected chi connectivity index (χ4v) is 3.31. The maximum absolute atomic E-state index is 5.45. The van der Waals surface area contributed by atoms with E-state index in [1.54, 1.807) is 7.11 Å². The molecule has 0 saturated heterocycles. The molecule has 0 aromatic heterocycles. The topological polar surface area (TPSA) is 21.3 Å². The smallest absolute Gasteiger partial charge is 0.141 e.